The van der Waals surface area contributed by atoms with Crippen molar-refractivity contribution in [3.8, 4) is 5.75 Å². The molecule has 0 bridgehead atoms. The monoisotopic (exact) mass is 249 g/mol. The van der Waals surface area contributed by atoms with E-state index in [4.69, 9.17) is 9.84 Å². The van der Waals surface area contributed by atoms with Crippen LogP contribution in [0.25, 0.3) is 0 Å². The minimum absolute atomic E-state index is 0.130. The quantitative estimate of drug-likeness (QED) is 0.890. The van der Waals surface area contributed by atoms with Crippen LogP contribution in [0.5, 0.6) is 5.75 Å². The number of hydrogen-bond acceptors (Lipinski definition) is 3. The van der Waals surface area contributed by atoms with Crippen LogP contribution in [0.1, 0.15) is 19.8 Å². The Morgan fingerprint density at radius 1 is 1.56 bits per heavy atom. The number of anilines is 1. The molecule has 1 aliphatic rings. The zero-order valence-electron chi connectivity index (χ0n) is 10.8. The molecule has 4 nitrogen and oxygen atoms in total. The fourth-order valence-corrected chi connectivity index (χ4v) is 2.56. The molecule has 0 saturated carbocycles. The summed E-state index contributed by atoms with van der Waals surface area (Å²) in [6, 6.07) is 7.90. The Bertz CT molecular complexity index is 446. The van der Waals surface area contributed by atoms with Gasteiger partial charge >= 0.3 is 5.97 Å². The maximum absolute atomic E-state index is 10.9. The topological polar surface area (TPSA) is 49.8 Å². The second-order valence-electron chi connectivity index (χ2n) is 5.25. The summed E-state index contributed by atoms with van der Waals surface area (Å²) in [4.78, 5) is 13.1. The molecule has 4 heteroatoms. The van der Waals surface area contributed by atoms with Gasteiger partial charge in [-0.25, -0.2) is 0 Å². The van der Waals surface area contributed by atoms with Crippen molar-refractivity contribution in [2.24, 2.45) is 5.41 Å². The number of ether oxygens (including phenoxy) is 1. The van der Waals surface area contributed by atoms with Crippen LogP contribution in [0.15, 0.2) is 24.3 Å². The van der Waals surface area contributed by atoms with Crippen molar-refractivity contribution in [1.82, 2.24) is 0 Å². The summed E-state index contributed by atoms with van der Waals surface area (Å²) in [6.07, 6.45) is 1.14. The standard InChI is InChI=1S/C14H19NO3/c1-14(9-13(16)17)6-7-15(10-14)11-4-3-5-12(8-11)18-2/h3-5,8H,6-7,9-10H2,1-2H3,(H,16,17). The van der Waals surface area contributed by atoms with Gasteiger partial charge in [0.2, 0.25) is 0 Å². The number of aliphatic carboxylic acids is 1. The Kier molecular flexibility index (Phi) is 3.45. The summed E-state index contributed by atoms with van der Waals surface area (Å²) in [7, 11) is 1.65. The van der Waals surface area contributed by atoms with E-state index in [1.807, 2.05) is 31.2 Å². The number of hydrogen-bond donors (Lipinski definition) is 1. The molecule has 1 fully saturated rings. The lowest BCUT2D eigenvalue weighted by Crippen LogP contribution is -2.26. The number of rotatable bonds is 4. The predicted molar refractivity (Wildman–Crippen MR) is 70.2 cm³/mol. The molecule has 0 aromatic heterocycles. The first kappa shape index (κ1) is 12.7. The smallest absolute Gasteiger partial charge is 0.303 e. The van der Waals surface area contributed by atoms with E-state index in [2.05, 4.69) is 4.90 Å². The van der Waals surface area contributed by atoms with E-state index < -0.39 is 5.97 Å². The lowest BCUT2D eigenvalue weighted by Gasteiger charge is -2.24. The highest BCUT2D eigenvalue weighted by atomic mass is 16.5. The number of nitrogens with zero attached hydrogens (tertiary/aromatic N) is 1. The molecule has 2 rings (SSSR count). The van der Waals surface area contributed by atoms with Gasteiger partial charge in [-0.2, -0.15) is 0 Å². The van der Waals surface area contributed by atoms with Gasteiger partial charge in [-0.15, -0.1) is 0 Å². The van der Waals surface area contributed by atoms with Crippen molar-refractivity contribution < 1.29 is 14.6 Å². The fourth-order valence-electron chi connectivity index (χ4n) is 2.56. The van der Waals surface area contributed by atoms with Crippen LogP contribution in [0.2, 0.25) is 0 Å². The normalized spacial score (nSPS) is 23.1. The van der Waals surface area contributed by atoms with E-state index in [1.165, 1.54) is 0 Å². The van der Waals surface area contributed by atoms with Gasteiger partial charge in [0.25, 0.3) is 0 Å². The van der Waals surface area contributed by atoms with Crippen molar-refractivity contribution in [2.75, 3.05) is 25.1 Å². The summed E-state index contributed by atoms with van der Waals surface area (Å²) in [5.74, 6) is 0.115. The summed E-state index contributed by atoms with van der Waals surface area (Å²) in [6.45, 7) is 3.73. The molecule has 98 valence electrons. The number of carbonyl (C=O) groups is 1. The highest BCUT2D eigenvalue weighted by molar-refractivity contribution is 5.68. The van der Waals surface area contributed by atoms with E-state index in [0.717, 1.165) is 30.9 Å². The Hall–Kier alpha value is -1.71. The molecule has 18 heavy (non-hydrogen) atoms. The van der Waals surface area contributed by atoms with Crippen LogP contribution >= 0.6 is 0 Å². The van der Waals surface area contributed by atoms with Gasteiger partial charge < -0.3 is 14.7 Å². The summed E-state index contributed by atoms with van der Waals surface area (Å²) in [5.41, 5.74) is 0.970. The van der Waals surface area contributed by atoms with Gasteiger partial charge in [0, 0.05) is 24.8 Å². The van der Waals surface area contributed by atoms with Gasteiger partial charge in [0.05, 0.1) is 13.5 Å². The zero-order chi connectivity index (χ0) is 13.2. The van der Waals surface area contributed by atoms with Gasteiger partial charge in [-0.1, -0.05) is 13.0 Å². The first-order chi connectivity index (χ1) is 8.52. The van der Waals surface area contributed by atoms with Gasteiger partial charge in [-0.3, -0.25) is 4.79 Å². The van der Waals surface area contributed by atoms with Crippen molar-refractivity contribution in [2.45, 2.75) is 19.8 Å². The Balaban J connectivity index is 2.10. The molecule has 1 aliphatic heterocycles. The first-order valence-corrected chi connectivity index (χ1v) is 6.13. The molecular formula is C14H19NO3. The molecule has 0 radical (unpaired) electrons. The lowest BCUT2D eigenvalue weighted by atomic mass is 9.86. The van der Waals surface area contributed by atoms with E-state index in [-0.39, 0.29) is 11.8 Å². The Labute approximate surface area is 107 Å². The third kappa shape index (κ3) is 2.75. The summed E-state index contributed by atoms with van der Waals surface area (Å²) >= 11 is 0. The molecule has 1 unspecified atom stereocenters. The predicted octanol–water partition coefficient (Wildman–Crippen LogP) is 2.39. The minimum atomic E-state index is -0.718. The second-order valence-corrected chi connectivity index (χ2v) is 5.25. The number of carboxylic acids is 1. The van der Waals surface area contributed by atoms with E-state index in [9.17, 15) is 4.79 Å². The Morgan fingerprint density at radius 2 is 2.33 bits per heavy atom. The molecular weight excluding hydrogens is 230 g/mol. The van der Waals surface area contributed by atoms with E-state index in [1.54, 1.807) is 7.11 Å². The summed E-state index contributed by atoms with van der Waals surface area (Å²) < 4.78 is 5.21. The van der Waals surface area contributed by atoms with Gasteiger partial charge in [0.1, 0.15) is 5.75 Å². The van der Waals surface area contributed by atoms with Crippen molar-refractivity contribution >= 4 is 11.7 Å². The summed E-state index contributed by atoms with van der Waals surface area (Å²) in [5, 5.41) is 8.94. The molecule has 0 aliphatic carbocycles. The average Bonchev–Trinajstić information content (AvgIpc) is 2.70. The molecule has 1 aromatic carbocycles. The third-order valence-corrected chi connectivity index (χ3v) is 3.55. The van der Waals surface area contributed by atoms with Crippen LogP contribution < -0.4 is 9.64 Å². The van der Waals surface area contributed by atoms with Crippen molar-refractivity contribution in [3.63, 3.8) is 0 Å². The number of carboxylic acid groups (broad SMARTS) is 1. The lowest BCUT2D eigenvalue weighted by molar-refractivity contribution is -0.139. The molecule has 1 saturated heterocycles. The Morgan fingerprint density at radius 3 is 3.00 bits per heavy atom. The molecule has 1 atom stereocenters. The minimum Gasteiger partial charge on any atom is -0.497 e. The van der Waals surface area contributed by atoms with Crippen LogP contribution in [0.4, 0.5) is 5.69 Å². The number of methoxy groups -OCH3 is 1. The second kappa shape index (κ2) is 4.88. The maximum Gasteiger partial charge on any atom is 0.303 e. The largest absolute Gasteiger partial charge is 0.497 e. The van der Waals surface area contributed by atoms with Gasteiger partial charge in [-0.05, 0) is 24.0 Å². The van der Waals surface area contributed by atoms with Gasteiger partial charge in [0.15, 0.2) is 0 Å². The van der Waals surface area contributed by atoms with E-state index in [0.29, 0.717) is 0 Å². The molecule has 0 spiro atoms. The van der Waals surface area contributed by atoms with Crippen molar-refractivity contribution in [3.05, 3.63) is 24.3 Å². The van der Waals surface area contributed by atoms with Crippen molar-refractivity contribution in [1.29, 1.82) is 0 Å². The molecule has 0 amide bonds. The van der Waals surface area contributed by atoms with E-state index >= 15 is 0 Å². The number of benzene rings is 1. The fraction of sp³-hybridized carbons (Fsp3) is 0.500. The highest BCUT2D eigenvalue weighted by Gasteiger charge is 2.35. The van der Waals surface area contributed by atoms with Crippen LogP contribution in [-0.2, 0) is 4.79 Å². The highest BCUT2D eigenvalue weighted by Crippen LogP contribution is 2.36. The average molecular weight is 249 g/mol. The molecule has 1 N–H and O–H groups in total. The van der Waals surface area contributed by atoms with Crippen LogP contribution in [-0.4, -0.2) is 31.3 Å². The first-order valence-electron chi connectivity index (χ1n) is 6.13. The SMILES string of the molecule is COc1cccc(N2CCC(C)(CC(=O)O)C2)c1. The van der Waals surface area contributed by atoms with Crippen LogP contribution in [0.3, 0.4) is 0 Å². The third-order valence-electron chi connectivity index (χ3n) is 3.55. The zero-order valence-corrected chi connectivity index (χ0v) is 10.8. The molecule has 1 heterocycles. The molecule has 1 aromatic rings. The maximum atomic E-state index is 10.9. The van der Waals surface area contributed by atoms with Crippen LogP contribution in [0, 0.1) is 5.41 Å².